The Morgan fingerprint density at radius 3 is 0.891 bits per heavy atom. The van der Waals surface area contributed by atoms with E-state index in [1.165, 1.54) is 50.8 Å². The fourth-order valence-electron chi connectivity index (χ4n) is 16.1. The number of carbonyl (C=O) groups excluding carboxylic acids is 4. The average molecular weight is 1770 g/mol. The van der Waals surface area contributed by atoms with Crippen LogP contribution in [-0.4, -0.2) is 69.4 Å². The molecule has 4 aliphatic heterocycles. The molecule has 0 saturated heterocycles. The monoisotopic (exact) mass is 1770 g/mol. The van der Waals surface area contributed by atoms with Gasteiger partial charge in [-0.1, -0.05) is 145 Å². The topological polar surface area (TPSA) is 81.2 Å². The summed E-state index contributed by atoms with van der Waals surface area (Å²) in [5.41, 5.74) is 8.05. The zero-order valence-corrected chi connectivity index (χ0v) is 74.9. The van der Waals surface area contributed by atoms with Crippen molar-refractivity contribution in [2.75, 3.05) is 26.2 Å². The van der Waals surface area contributed by atoms with Gasteiger partial charge in [0.25, 0.3) is 23.6 Å². The second-order valence-electron chi connectivity index (χ2n) is 29.3. The molecule has 4 aliphatic rings. The molecule has 4 unspecified atom stereocenters. The van der Waals surface area contributed by atoms with Crippen molar-refractivity contribution in [1.29, 1.82) is 0 Å². The molecule has 11 aromatic rings. The molecule has 8 nitrogen and oxygen atoms in total. The first-order valence-electron chi connectivity index (χ1n) is 39.3. The maximum Gasteiger partial charge on any atom is 0.261 e. The Balaban J connectivity index is 0.673. The van der Waals surface area contributed by atoms with Crippen LogP contribution in [0.25, 0.3) is 108 Å². The van der Waals surface area contributed by atoms with Gasteiger partial charge >= 0.3 is 0 Å². The standard InChI is InChI=1S/C90H92Br2N4O4S10/c1-9-17-23-53(13-5)49-93-81(69-27-21-45-101-69)77-79(89(93)99)83(95(87(77)97)51-55(15-7)25-19-11-3)71-43-41-65(107-71)63-37-33-57(103-63)29-31-59-35-39-67(105-59)75-61-47-73(91)110-86(61)76(62-48-74(92)109-85(62)75)68-40-36-60(106-68)32-30-58-34-38-64(104-58)66-42-44-72(108-66)84-80-78(88(98)96(84)52-56(16-8)26-20-12-4)82(70-28-22-46-102-70)94(90(80)100)50-54(14-6)24-18-10-2/h21-22,27-48,53-56H,9-20,23-26,49-52H2,1-8H3/b31-29+,32-30+. The van der Waals surface area contributed by atoms with Gasteiger partial charge in [-0.2, -0.15) is 0 Å². The molecule has 0 aliphatic carbocycles. The summed E-state index contributed by atoms with van der Waals surface area (Å²) < 4.78 is 4.71. The number of halogens is 2. The number of hydrogen-bond donors (Lipinski definition) is 0. The van der Waals surface area contributed by atoms with E-state index in [2.05, 4.69) is 219 Å². The zero-order valence-electron chi connectivity index (χ0n) is 63.6. The smallest absolute Gasteiger partial charge is 0.261 e. The first kappa shape index (κ1) is 79.3. The summed E-state index contributed by atoms with van der Waals surface area (Å²) in [5.74, 6) is 1.22. The SMILES string of the molecule is CCCCC(CC)CN1C(=O)C2=C(c3ccc(-c4ccc(/C=C/c5ccc(-c6c7cc(Br)sc7c(-c7ccc(/C=C/c8ccc(-c9ccc(C%10=C%11C(=O)N(CC(CC)CCCC)C(c%12cccs%12)=C%11C(=O)N%10CC(CC)CCCC)s9)s8)s7)c7cc(Br)sc67)s5)s4)s3)N(CC(CC)CCCC)C(=O)C2=C1c1cccs1. The van der Waals surface area contributed by atoms with Gasteiger partial charge in [-0.25, -0.2) is 0 Å². The molecule has 0 spiro atoms. The highest BCUT2D eigenvalue weighted by Crippen LogP contribution is 2.56. The Kier molecular flexibility index (Phi) is 25.5. The van der Waals surface area contributed by atoms with E-state index in [1.807, 2.05) is 54.4 Å². The number of nitrogens with zero attached hydrogens (tertiary/aromatic N) is 4. The van der Waals surface area contributed by atoms with Crippen molar-refractivity contribution < 1.29 is 19.2 Å². The normalized spacial score (nSPS) is 16.1. The number of carbonyl (C=O) groups is 4. The Hall–Kier alpha value is -5.98. The van der Waals surface area contributed by atoms with Crippen molar-refractivity contribution in [2.24, 2.45) is 23.7 Å². The van der Waals surface area contributed by atoms with Crippen LogP contribution >= 0.6 is 145 Å². The third-order valence-corrected chi connectivity index (χ3v) is 34.1. The number of rotatable bonds is 36. The van der Waals surface area contributed by atoms with Crippen LogP contribution in [0.1, 0.15) is 197 Å². The summed E-state index contributed by atoms with van der Waals surface area (Å²) in [4.78, 5) is 84.3. The lowest BCUT2D eigenvalue weighted by atomic mass is 9.98. The molecule has 0 bridgehead atoms. The highest BCUT2D eigenvalue weighted by atomic mass is 79.9. The molecule has 14 heterocycles. The molecule has 1 aromatic carbocycles. The van der Waals surface area contributed by atoms with E-state index in [0.29, 0.717) is 72.1 Å². The number of fused-ring (bicyclic) bond motifs is 4. The largest absolute Gasteiger partial charge is 0.306 e. The molecule has 10 aromatic heterocycles. The summed E-state index contributed by atoms with van der Waals surface area (Å²) in [7, 11) is 0. The van der Waals surface area contributed by atoms with Gasteiger partial charge in [0.05, 0.1) is 72.2 Å². The predicted octanol–water partition coefficient (Wildman–Crippen LogP) is 29.6. The van der Waals surface area contributed by atoms with E-state index in [9.17, 15) is 0 Å². The minimum atomic E-state index is -0.0349. The Morgan fingerprint density at radius 2 is 0.600 bits per heavy atom. The van der Waals surface area contributed by atoms with Gasteiger partial charge in [0.1, 0.15) is 0 Å². The van der Waals surface area contributed by atoms with Crippen LogP contribution in [-0.2, 0) is 19.2 Å². The molecular weight excluding hydrogens is 1680 g/mol. The van der Waals surface area contributed by atoms with Gasteiger partial charge in [-0.3, -0.25) is 19.2 Å². The fraction of sp³-hybridized carbons (Fsp3) is 0.356. The van der Waals surface area contributed by atoms with Gasteiger partial charge in [-0.15, -0.1) is 113 Å². The van der Waals surface area contributed by atoms with Crippen molar-refractivity contribution in [3.05, 3.63) is 189 Å². The lowest BCUT2D eigenvalue weighted by Crippen LogP contribution is -2.34. The van der Waals surface area contributed by atoms with Gasteiger partial charge in [0.2, 0.25) is 0 Å². The highest BCUT2D eigenvalue weighted by Gasteiger charge is 2.52. The summed E-state index contributed by atoms with van der Waals surface area (Å²) in [5, 5.41) is 6.59. The summed E-state index contributed by atoms with van der Waals surface area (Å²) >= 11 is 25.3. The molecule has 0 fully saturated rings. The van der Waals surface area contributed by atoms with E-state index in [1.54, 1.807) is 90.7 Å². The quantitative estimate of drug-likeness (QED) is 0.0392. The van der Waals surface area contributed by atoms with Crippen LogP contribution in [0.15, 0.2) is 150 Å². The van der Waals surface area contributed by atoms with Crippen LogP contribution in [0.5, 0.6) is 0 Å². The zero-order chi connectivity index (χ0) is 76.4. The number of amides is 4. The number of unbranched alkanes of at least 4 members (excludes halogenated alkanes) is 4. The highest BCUT2D eigenvalue weighted by molar-refractivity contribution is 9.11. The maximum absolute atomic E-state index is 15.2. The van der Waals surface area contributed by atoms with Gasteiger partial charge < -0.3 is 19.6 Å². The van der Waals surface area contributed by atoms with E-state index in [-0.39, 0.29) is 23.6 Å². The van der Waals surface area contributed by atoms with Crippen LogP contribution in [0.2, 0.25) is 0 Å². The van der Waals surface area contributed by atoms with Crippen molar-refractivity contribution in [2.45, 2.75) is 158 Å². The first-order chi connectivity index (χ1) is 53.6. The first-order valence-corrected chi connectivity index (χ1v) is 49.2. The number of thiophene rings is 10. The number of hydrogen-bond acceptors (Lipinski definition) is 14. The molecule has 0 radical (unpaired) electrons. The van der Waals surface area contributed by atoms with Gasteiger partial charge in [0.15, 0.2) is 0 Å². The lowest BCUT2D eigenvalue weighted by molar-refractivity contribution is -0.124. The Morgan fingerprint density at radius 1 is 0.327 bits per heavy atom. The van der Waals surface area contributed by atoms with Crippen LogP contribution in [0, 0.1) is 23.7 Å². The molecule has 0 N–H and O–H groups in total. The lowest BCUT2D eigenvalue weighted by Gasteiger charge is -2.29. The van der Waals surface area contributed by atoms with Crippen LogP contribution < -0.4 is 0 Å². The van der Waals surface area contributed by atoms with E-state index in [4.69, 9.17) is 0 Å². The van der Waals surface area contributed by atoms with Crippen LogP contribution in [0.3, 0.4) is 0 Å². The van der Waals surface area contributed by atoms with E-state index in [0.717, 1.165) is 182 Å². The van der Waals surface area contributed by atoms with Crippen molar-refractivity contribution in [1.82, 2.24) is 19.6 Å². The second-order valence-corrected chi connectivity index (χ2v) is 42.7. The van der Waals surface area contributed by atoms with Crippen LogP contribution in [0.4, 0.5) is 0 Å². The second kappa shape index (κ2) is 35.4. The molecule has 20 heteroatoms. The summed E-state index contributed by atoms with van der Waals surface area (Å²) in [6.07, 6.45) is 26.0. The number of benzene rings is 1. The third kappa shape index (κ3) is 15.9. The summed E-state index contributed by atoms with van der Waals surface area (Å²) in [6, 6.07) is 39.4. The molecule has 15 rings (SSSR count). The fourth-order valence-corrected chi connectivity index (χ4v) is 27.2. The molecule has 4 amide bonds. The predicted molar refractivity (Wildman–Crippen MR) is 489 cm³/mol. The Labute approximate surface area is 704 Å². The third-order valence-electron chi connectivity index (χ3n) is 22.2. The van der Waals surface area contributed by atoms with E-state index >= 15 is 19.2 Å². The van der Waals surface area contributed by atoms with Gasteiger partial charge in [0, 0.05) is 106 Å². The maximum atomic E-state index is 15.2. The molecule has 4 atom stereocenters. The Bertz CT molecular complexity index is 5030. The average Bonchev–Trinajstić information content (AvgIpc) is 1.56. The molecule has 110 heavy (non-hydrogen) atoms. The van der Waals surface area contributed by atoms with Crippen molar-refractivity contribution in [3.8, 4) is 40.4 Å². The van der Waals surface area contributed by atoms with Crippen molar-refractivity contribution >= 4 is 236 Å². The molecule has 0 saturated carbocycles. The van der Waals surface area contributed by atoms with Crippen molar-refractivity contribution in [3.63, 3.8) is 0 Å². The van der Waals surface area contributed by atoms with Gasteiger partial charge in [-0.05, 0) is 213 Å². The molecular formula is C90H92Br2N4O4S10. The van der Waals surface area contributed by atoms with E-state index < -0.39 is 0 Å². The molecule has 570 valence electrons. The minimum Gasteiger partial charge on any atom is -0.306 e. The minimum absolute atomic E-state index is 0.0349. The summed E-state index contributed by atoms with van der Waals surface area (Å²) in [6.45, 7) is 20.3.